The Morgan fingerprint density at radius 1 is 1.26 bits per heavy atom. The molecule has 4 atom stereocenters. The molecule has 0 spiro atoms. The molecule has 6 N–H and O–H groups in total. The number of nitrogens with one attached hydrogen (secondary N) is 3. The third-order valence-corrected chi connectivity index (χ3v) is 4.09. The lowest BCUT2D eigenvalue weighted by molar-refractivity contribution is -0.128. The van der Waals surface area contributed by atoms with Gasteiger partial charge in [-0.05, 0) is 48.4 Å². The van der Waals surface area contributed by atoms with Crippen LogP contribution in [0.5, 0.6) is 0 Å². The van der Waals surface area contributed by atoms with E-state index < -0.39 is 24.1 Å². The first kappa shape index (κ1) is 20.4. The summed E-state index contributed by atoms with van der Waals surface area (Å²) < 4.78 is 0. The Hall–Kier alpha value is -2.88. The normalized spacial score (nSPS) is 19.4. The molecule has 27 heavy (non-hydrogen) atoms. The second-order valence-electron chi connectivity index (χ2n) is 6.02. The van der Waals surface area contributed by atoms with Gasteiger partial charge in [-0.1, -0.05) is 11.8 Å². The molecule has 8 heteroatoms. The second-order valence-corrected chi connectivity index (χ2v) is 6.02. The summed E-state index contributed by atoms with van der Waals surface area (Å²) in [4.78, 5) is 23.9. The molecular formula is C19H21N3O5. The summed E-state index contributed by atoms with van der Waals surface area (Å²) in [6, 6.07) is 4.94. The van der Waals surface area contributed by atoms with Crippen molar-refractivity contribution in [1.82, 2.24) is 16.1 Å². The SMILES string of the molecule is CNC(=O)C(NC(=O)c1ccc(C#CC#C[C@@H]2C[C@H]2CO)cc1)C(O)NO. The molecule has 1 saturated carbocycles. The largest absolute Gasteiger partial charge is 0.396 e. The van der Waals surface area contributed by atoms with E-state index in [1.807, 2.05) is 0 Å². The quantitative estimate of drug-likeness (QED) is 0.212. The van der Waals surface area contributed by atoms with E-state index in [0.29, 0.717) is 5.56 Å². The minimum atomic E-state index is -1.66. The van der Waals surface area contributed by atoms with Crippen molar-refractivity contribution < 1.29 is 25.0 Å². The summed E-state index contributed by atoms with van der Waals surface area (Å²) in [6.45, 7) is 0.155. The Morgan fingerprint density at radius 2 is 1.96 bits per heavy atom. The van der Waals surface area contributed by atoms with Crippen molar-refractivity contribution in [2.24, 2.45) is 11.8 Å². The fourth-order valence-corrected chi connectivity index (χ4v) is 2.31. The van der Waals surface area contributed by atoms with Gasteiger partial charge in [-0.2, -0.15) is 5.48 Å². The van der Waals surface area contributed by atoms with Crippen LogP contribution in [0, 0.1) is 35.5 Å². The van der Waals surface area contributed by atoms with Crippen LogP contribution >= 0.6 is 0 Å². The number of rotatable bonds is 6. The van der Waals surface area contributed by atoms with Crippen molar-refractivity contribution in [3.63, 3.8) is 0 Å². The predicted molar refractivity (Wildman–Crippen MR) is 96.0 cm³/mol. The maximum absolute atomic E-state index is 12.2. The van der Waals surface area contributed by atoms with Crippen LogP contribution in [-0.4, -0.2) is 53.2 Å². The Bertz CT molecular complexity index is 801. The van der Waals surface area contributed by atoms with Gasteiger partial charge in [0.15, 0.2) is 6.23 Å². The van der Waals surface area contributed by atoms with Crippen LogP contribution in [0.3, 0.4) is 0 Å². The molecule has 0 saturated heterocycles. The van der Waals surface area contributed by atoms with Crippen LogP contribution in [0.1, 0.15) is 22.3 Å². The molecule has 8 nitrogen and oxygen atoms in total. The molecule has 142 valence electrons. The summed E-state index contributed by atoms with van der Waals surface area (Å²) in [6.07, 6.45) is -0.749. The first-order valence-corrected chi connectivity index (χ1v) is 8.32. The number of likely N-dealkylation sites (N-methyl/N-ethyl adjacent to an activating group) is 1. The van der Waals surface area contributed by atoms with Gasteiger partial charge in [-0.3, -0.25) is 9.59 Å². The van der Waals surface area contributed by atoms with Crippen LogP contribution in [0.4, 0.5) is 0 Å². The van der Waals surface area contributed by atoms with Crippen molar-refractivity contribution in [3.8, 4) is 23.7 Å². The van der Waals surface area contributed by atoms with Crippen LogP contribution in [0.25, 0.3) is 0 Å². The first-order valence-electron chi connectivity index (χ1n) is 8.32. The van der Waals surface area contributed by atoms with Crippen molar-refractivity contribution in [2.75, 3.05) is 13.7 Å². The molecule has 2 amide bonds. The molecule has 2 unspecified atom stereocenters. The van der Waals surface area contributed by atoms with E-state index in [2.05, 4.69) is 34.3 Å². The highest BCUT2D eigenvalue weighted by atomic mass is 16.5. The lowest BCUT2D eigenvalue weighted by atomic mass is 10.1. The molecule has 1 fully saturated rings. The Morgan fingerprint density at radius 3 is 2.52 bits per heavy atom. The third-order valence-electron chi connectivity index (χ3n) is 4.09. The van der Waals surface area contributed by atoms with Crippen LogP contribution in [0.2, 0.25) is 0 Å². The standard InChI is InChI=1S/C19H21N3O5/c1-20-18(25)16(19(26)22-27)21-17(24)13-8-6-12(7-9-13)4-2-3-5-14-10-15(14)11-23/h6-9,14-16,19,22-23,26-27H,10-11H2,1H3,(H,20,25)(H,21,24)/t14-,15+,16?,19?/m1/s1. The monoisotopic (exact) mass is 371 g/mol. The van der Waals surface area contributed by atoms with Crippen molar-refractivity contribution in [3.05, 3.63) is 35.4 Å². The number of hydrogen-bond donors (Lipinski definition) is 6. The van der Waals surface area contributed by atoms with Crippen molar-refractivity contribution in [2.45, 2.75) is 18.7 Å². The van der Waals surface area contributed by atoms with Gasteiger partial charge in [-0.25, -0.2) is 0 Å². The molecule has 2 rings (SSSR count). The molecule has 1 aliphatic carbocycles. The van der Waals surface area contributed by atoms with E-state index in [0.717, 1.165) is 6.42 Å². The summed E-state index contributed by atoms with van der Waals surface area (Å²) in [7, 11) is 1.34. The molecule has 1 aromatic rings. The van der Waals surface area contributed by atoms with E-state index in [1.54, 1.807) is 12.1 Å². The van der Waals surface area contributed by atoms with E-state index in [-0.39, 0.29) is 24.0 Å². The topological polar surface area (TPSA) is 131 Å². The Labute approximate surface area is 156 Å². The zero-order valence-electron chi connectivity index (χ0n) is 14.7. The minimum Gasteiger partial charge on any atom is -0.396 e. The van der Waals surface area contributed by atoms with E-state index in [4.69, 9.17) is 10.3 Å². The Balaban J connectivity index is 1.97. The molecular weight excluding hydrogens is 350 g/mol. The number of hydrogen-bond acceptors (Lipinski definition) is 6. The van der Waals surface area contributed by atoms with Crippen LogP contribution in [0.15, 0.2) is 24.3 Å². The lowest BCUT2D eigenvalue weighted by Crippen LogP contribution is -2.56. The zero-order chi connectivity index (χ0) is 19.8. The molecule has 0 radical (unpaired) electrons. The minimum absolute atomic E-state index is 0.155. The summed E-state index contributed by atoms with van der Waals surface area (Å²) >= 11 is 0. The molecule has 1 aliphatic rings. The van der Waals surface area contributed by atoms with Gasteiger partial charge in [0, 0.05) is 30.7 Å². The van der Waals surface area contributed by atoms with Gasteiger partial charge in [0.2, 0.25) is 5.91 Å². The summed E-state index contributed by atoms with van der Waals surface area (Å²) in [5.41, 5.74) is 2.45. The second kappa shape index (κ2) is 9.72. The number of benzene rings is 1. The number of carbonyl (C=O) groups excluding carboxylic acids is 2. The van der Waals surface area contributed by atoms with Crippen molar-refractivity contribution in [1.29, 1.82) is 0 Å². The van der Waals surface area contributed by atoms with Gasteiger partial charge in [0.25, 0.3) is 5.91 Å². The number of amides is 2. The van der Waals surface area contributed by atoms with E-state index in [9.17, 15) is 14.7 Å². The maximum Gasteiger partial charge on any atom is 0.252 e. The molecule has 0 aliphatic heterocycles. The van der Waals surface area contributed by atoms with Gasteiger partial charge in [-0.15, -0.1) is 0 Å². The number of aliphatic hydroxyl groups excluding tert-OH is 2. The van der Waals surface area contributed by atoms with Crippen LogP contribution < -0.4 is 16.1 Å². The molecule has 0 heterocycles. The molecule has 0 bridgehead atoms. The highest BCUT2D eigenvalue weighted by molar-refractivity contribution is 5.97. The van der Waals surface area contributed by atoms with Crippen LogP contribution in [-0.2, 0) is 4.79 Å². The van der Waals surface area contributed by atoms with E-state index in [1.165, 1.54) is 24.7 Å². The Kier molecular flexibility index (Phi) is 7.35. The van der Waals surface area contributed by atoms with Gasteiger partial charge in [0.1, 0.15) is 6.04 Å². The summed E-state index contributed by atoms with van der Waals surface area (Å²) in [5, 5.41) is 31.9. The number of hydroxylamine groups is 1. The zero-order valence-corrected chi connectivity index (χ0v) is 14.7. The number of aliphatic hydroxyl groups is 2. The number of carbonyl (C=O) groups is 2. The lowest BCUT2D eigenvalue weighted by Gasteiger charge is -2.21. The average Bonchev–Trinajstić information content (AvgIpc) is 3.47. The molecule has 1 aromatic carbocycles. The highest BCUT2D eigenvalue weighted by Crippen LogP contribution is 2.36. The van der Waals surface area contributed by atoms with Gasteiger partial charge >= 0.3 is 0 Å². The van der Waals surface area contributed by atoms with E-state index >= 15 is 0 Å². The maximum atomic E-state index is 12.2. The third kappa shape index (κ3) is 5.81. The van der Waals surface area contributed by atoms with Crippen molar-refractivity contribution >= 4 is 11.8 Å². The highest BCUT2D eigenvalue weighted by Gasteiger charge is 2.34. The fourth-order valence-electron chi connectivity index (χ4n) is 2.31. The van der Waals surface area contributed by atoms with Gasteiger partial charge < -0.3 is 26.1 Å². The average molecular weight is 371 g/mol. The predicted octanol–water partition coefficient (Wildman–Crippen LogP) is -1.19. The smallest absolute Gasteiger partial charge is 0.252 e. The first-order chi connectivity index (χ1) is 13.0. The van der Waals surface area contributed by atoms with Gasteiger partial charge in [0.05, 0.1) is 0 Å². The fraction of sp³-hybridized carbons (Fsp3) is 0.368. The summed E-state index contributed by atoms with van der Waals surface area (Å²) in [5.74, 6) is 10.6. The molecule has 0 aromatic heterocycles.